The molecule has 0 saturated heterocycles. The summed E-state index contributed by atoms with van der Waals surface area (Å²) in [5.74, 6) is 0. The summed E-state index contributed by atoms with van der Waals surface area (Å²) in [6.07, 6.45) is 24.2. The maximum atomic E-state index is 5.61. The monoisotopic (exact) mass is 307 g/mol. The van der Waals surface area contributed by atoms with Gasteiger partial charge in [-0.1, -0.05) is 70.8 Å². The SMILES string of the molecule is CCCCCCCCCCCC/C=C/C1NC=CN1CCN. The van der Waals surface area contributed by atoms with Gasteiger partial charge in [-0.2, -0.15) is 0 Å². The first kappa shape index (κ1) is 19.1. The van der Waals surface area contributed by atoms with Crippen LogP contribution in [0.25, 0.3) is 0 Å². The standard InChI is InChI=1S/C19H37N3/c1-2-3-4-5-6-7-8-9-10-11-12-13-14-19-21-16-18-22(19)17-15-20/h13-14,16,18-19,21H,2-12,15,17,20H2,1H3/b14-13+. The van der Waals surface area contributed by atoms with Crippen molar-refractivity contribution in [3.05, 3.63) is 24.6 Å². The van der Waals surface area contributed by atoms with Crippen molar-refractivity contribution in [1.29, 1.82) is 0 Å². The van der Waals surface area contributed by atoms with Crippen molar-refractivity contribution in [2.75, 3.05) is 13.1 Å². The average Bonchev–Trinajstić information content (AvgIpc) is 2.96. The number of hydrogen-bond donors (Lipinski definition) is 2. The van der Waals surface area contributed by atoms with Gasteiger partial charge in [0, 0.05) is 25.5 Å². The van der Waals surface area contributed by atoms with Gasteiger partial charge in [-0.3, -0.25) is 0 Å². The summed E-state index contributed by atoms with van der Waals surface area (Å²) in [4.78, 5) is 2.25. The molecule has 0 aromatic carbocycles. The molecule has 3 nitrogen and oxygen atoms in total. The van der Waals surface area contributed by atoms with Crippen LogP contribution >= 0.6 is 0 Å². The minimum atomic E-state index is 0.312. The summed E-state index contributed by atoms with van der Waals surface area (Å²) in [5, 5.41) is 3.33. The van der Waals surface area contributed by atoms with Crippen LogP contribution in [-0.4, -0.2) is 24.2 Å². The summed E-state index contributed by atoms with van der Waals surface area (Å²) < 4.78 is 0. The number of rotatable bonds is 14. The molecule has 22 heavy (non-hydrogen) atoms. The Hall–Kier alpha value is -0.960. The molecule has 128 valence electrons. The van der Waals surface area contributed by atoms with E-state index in [1.807, 2.05) is 6.20 Å². The minimum absolute atomic E-state index is 0.312. The largest absolute Gasteiger partial charge is 0.367 e. The minimum Gasteiger partial charge on any atom is -0.367 e. The summed E-state index contributed by atoms with van der Waals surface area (Å²) in [7, 11) is 0. The Morgan fingerprint density at radius 1 is 1.00 bits per heavy atom. The summed E-state index contributed by atoms with van der Waals surface area (Å²) >= 11 is 0. The zero-order valence-corrected chi connectivity index (χ0v) is 14.6. The fourth-order valence-corrected chi connectivity index (χ4v) is 2.93. The average molecular weight is 308 g/mol. The van der Waals surface area contributed by atoms with E-state index in [2.05, 4.69) is 35.5 Å². The fourth-order valence-electron chi connectivity index (χ4n) is 2.93. The Morgan fingerprint density at radius 2 is 1.64 bits per heavy atom. The Morgan fingerprint density at radius 3 is 2.27 bits per heavy atom. The third kappa shape index (κ3) is 9.14. The van der Waals surface area contributed by atoms with Crippen LogP contribution in [0.3, 0.4) is 0 Å². The first-order valence-corrected chi connectivity index (χ1v) is 9.43. The predicted molar refractivity (Wildman–Crippen MR) is 97.4 cm³/mol. The second-order valence-corrected chi connectivity index (χ2v) is 6.35. The number of allylic oxidation sites excluding steroid dienone is 1. The van der Waals surface area contributed by atoms with E-state index in [1.54, 1.807) is 0 Å². The van der Waals surface area contributed by atoms with E-state index in [-0.39, 0.29) is 0 Å². The van der Waals surface area contributed by atoms with Crippen molar-refractivity contribution >= 4 is 0 Å². The molecule has 0 amide bonds. The molecule has 1 unspecified atom stereocenters. The van der Waals surface area contributed by atoms with Gasteiger partial charge in [0.25, 0.3) is 0 Å². The molecule has 1 rings (SSSR count). The van der Waals surface area contributed by atoms with Crippen molar-refractivity contribution in [2.24, 2.45) is 5.73 Å². The lowest BCUT2D eigenvalue weighted by Gasteiger charge is -2.21. The third-order valence-electron chi connectivity index (χ3n) is 4.32. The molecule has 1 atom stereocenters. The molecule has 0 aromatic heterocycles. The lowest BCUT2D eigenvalue weighted by molar-refractivity contribution is 0.333. The van der Waals surface area contributed by atoms with Gasteiger partial charge in [-0.25, -0.2) is 0 Å². The van der Waals surface area contributed by atoms with Gasteiger partial charge in [0.15, 0.2) is 0 Å². The third-order valence-corrected chi connectivity index (χ3v) is 4.32. The first-order valence-electron chi connectivity index (χ1n) is 9.43. The van der Waals surface area contributed by atoms with E-state index in [0.29, 0.717) is 12.7 Å². The van der Waals surface area contributed by atoms with Gasteiger partial charge in [-0.15, -0.1) is 0 Å². The number of unbranched alkanes of at least 4 members (excludes halogenated alkanes) is 10. The van der Waals surface area contributed by atoms with Crippen LogP contribution in [-0.2, 0) is 0 Å². The second kappa shape index (κ2) is 13.7. The fraction of sp³-hybridized carbons (Fsp3) is 0.789. The van der Waals surface area contributed by atoms with Crippen LogP contribution in [0.1, 0.15) is 77.6 Å². The number of nitrogens with zero attached hydrogens (tertiary/aromatic N) is 1. The van der Waals surface area contributed by atoms with E-state index in [1.165, 1.54) is 70.6 Å². The van der Waals surface area contributed by atoms with Crippen LogP contribution in [0.15, 0.2) is 24.6 Å². The zero-order chi connectivity index (χ0) is 15.9. The molecular formula is C19H37N3. The summed E-state index contributed by atoms with van der Waals surface area (Å²) in [6.45, 7) is 3.90. The van der Waals surface area contributed by atoms with Crippen LogP contribution in [0.5, 0.6) is 0 Å². The molecule has 1 aliphatic heterocycles. The highest BCUT2D eigenvalue weighted by Gasteiger charge is 2.13. The highest BCUT2D eigenvalue weighted by Crippen LogP contribution is 2.12. The number of nitrogens with one attached hydrogen (secondary N) is 1. The molecule has 0 bridgehead atoms. The highest BCUT2D eigenvalue weighted by atomic mass is 15.3. The molecule has 0 spiro atoms. The zero-order valence-electron chi connectivity index (χ0n) is 14.6. The molecule has 0 saturated carbocycles. The molecule has 0 aromatic rings. The van der Waals surface area contributed by atoms with Crippen LogP contribution in [0, 0.1) is 0 Å². The molecule has 0 radical (unpaired) electrons. The number of nitrogens with two attached hydrogens (primary N) is 1. The van der Waals surface area contributed by atoms with E-state index >= 15 is 0 Å². The van der Waals surface area contributed by atoms with E-state index in [9.17, 15) is 0 Å². The molecule has 1 aliphatic rings. The predicted octanol–water partition coefficient (Wildman–Crippen LogP) is 4.51. The quantitative estimate of drug-likeness (QED) is 0.366. The Labute approximate surface area is 138 Å². The van der Waals surface area contributed by atoms with Crippen LogP contribution < -0.4 is 11.1 Å². The molecule has 0 aliphatic carbocycles. The normalized spacial score (nSPS) is 17.5. The number of hydrogen-bond acceptors (Lipinski definition) is 3. The maximum Gasteiger partial charge on any atom is 0.118 e. The molecule has 3 N–H and O–H groups in total. The van der Waals surface area contributed by atoms with Gasteiger partial charge in [0.05, 0.1) is 0 Å². The van der Waals surface area contributed by atoms with Crippen LogP contribution in [0.4, 0.5) is 0 Å². The molecule has 1 heterocycles. The lowest BCUT2D eigenvalue weighted by Crippen LogP contribution is -2.36. The first-order chi connectivity index (χ1) is 10.9. The van der Waals surface area contributed by atoms with Gasteiger partial charge in [-0.05, 0) is 18.9 Å². The van der Waals surface area contributed by atoms with Crippen molar-refractivity contribution in [3.63, 3.8) is 0 Å². The van der Waals surface area contributed by atoms with E-state index in [4.69, 9.17) is 5.73 Å². The smallest absolute Gasteiger partial charge is 0.118 e. The van der Waals surface area contributed by atoms with E-state index in [0.717, 1.165) is 6.54 Å². The topological polar surface area (TPSA) is 41.3 Å². The van der Waals surface area contributed by atoms with Crippen molar-refractivity contribution in [3.8, 4) is 0 Å². The van der Waals surface area contributed by atoms with Gasteiger partial charge >= 0.3 is 0 Å². The van der Waals surface area contributed by atoms with E-state index < -0.39 is 0 Å². The van der Waals surface area contributed by atoms with Crippen LogP contribution in [0.2, 0.25) is 0 Å². The Kier molecular flexibility index (Phi) is 11.9. The van der Waals surface area contributed by atoms with Gasteiger partial charge < -0.3 is 16.0 Å². The molecule has 3 heteroatoms. The van der Waals surface area contributed by atoms with Crippen molar-refractivity contribution in [2.45, 2.75) is 83.7 Å². The van der Waals surface area contributed by atoms with Gasteiger partial charge in [0.1, 0.15) is 6.17 Å². The van der Waals surface area contributed by atoms with Gasteiger partial charge in [0.2, 0.25) is 0 Å². The summed E-state index contributed by atoms with van der Waals surface area (Å²) in [6, 6.07) is 0. The summed E-state index contributed by atoms with van der Waals surface area (Å²) in [5.41, 5.74) is 5.61. The Balaban J connectivity index is 1.88. The molecular weight excluding hydrogens is 270 g/mol. The second-order valence-electron chi connectivity index (χ2n) is 6.35. The van der Waals surface area contributed by atoms with Crippen molar-refractivity contribution < 1.29 is 0 Å². The molecule has 0 fully saturated rings. The Bertz CT molecular complexity index is 299. The van der Waals surface area contributed by atoms with Crippen molar-refractivity contribution in [1.82, 2.24) is 10.2 Å². The highest BCUT2D eigenvalue weighted by molar-refractivity contribution is 5.04. The lowest BCUT2D eigenvalue weighted by atomic mass is 10.1. The maximum absolute atomic E-state index is 5.61.